The van der Waals surface area contributed by atoms with E-state index in [1.54, 1.807) is 19.9 Å². The number of aromatic nitrogens is 1. The fourth-order valence-corrected chi connectivity index (χ4v) is 2.74. The van der Waals surface area contributed by atoms with Crippen LogP contribution >= 0.6 is 0 Å². The number of fused-ring (bicyclic) bond motifs is 1. The van der Waals surface area contributed by atoms with Crippen LogP contribution in [0.15, 0.2) is 33.6 Å². The van der Waals surface area contributed by atoms with Gasteiger partial charge in [0.15, 0.2) is 11.5 Å². The molecule has 0 unspecified atom stereocenters. The Balaban J connectivity index is 2.20. The number of hydrogen-bond donors (Lipinski definition) is 2. The summed E-state index contributed by atoms with van der Waals surface area (Å²) in [5.41, 5.74) is 0.204. The Kier molecular flexibility index (Phi) is 4.00. The predicted molar refractivity (Wildman–Crippen MR) is 87.6 cm³/mol. The summed E-state index contributed by atoms with van der Waals surface area (Å²) in [6.07, 6.45) is 1.14. The van der Waals surface area contributed by atoms with Gasteiger partial charge in [-0.15, -0.1) is 0 Å². The molecule has 0 spiro atoms. The van der Waals surface area contributed by atoms with E-state index < -0.39 is 23.1 Å². The van der Waals surface area contributed by atoms with Gasteiger partial charge in [0, 0.05) is 29.6 Å². The van der Waals surface area contributed by atoms with Gasteiger partial charge in [-0.1, -0.05) is 0 Å². The SMILES string of the molecule is Cc1cnc(C(=O)O)c(F)c1Cc1c(C)c2ccc(O)cc2oc1=O. The quantitative estimate of drug-likeness (QED) is 0.709. The smallest absolute Gasteiger partial charge is 0.357 e. The number of hydrogen-bond acceptors (Lipinski definition) is 5. The lowest BCUT2D eigenvalue weighted by Crippen LogP contribution is -2.14. The molecule has 128 valence electrons. The molecule has 0 aliphatic carbocycles. The number of rotatable bonds is 3. The number of aromatic hydroxyl groups is 1. The minimum Gasteiger partial charge on any atom is -0.508 e. The third kappa shape index (κ3) is 2.84. The minimum absolute atomic E-state index is 0.0371. The molecule has 0 fully saturated rings. The van der Waals surface area contributed by atoms with Gasteiger partial charge >= 0.3 is 11.6 Å². The van der Waals surface area contributed by atoms with Gasteiger partial charge in [0.1, 0.15) is 11.3 Å². The molecule has 0 aliphatic heterocycles. The van der Waals surface area contributed by atoms with Crippen molar-refractivity contribution in [2.75, 3.05) is 0 Å². The zero-order valence-corrected chi connectivity index (χ0v) is 13.5. The average molecular weight is 343 g/mol. The lowest BCUT2D eigenvalue weighted by molar-refractivity contribution is 0.0684. The summed E-state index contributed by atoms with van der Waals surface area (Å²) >= 11 is 0. The van der Waals surface area contributed by atoms with Crippen LogP contribution in [0.4, 0.5) is 4.39 Å². The zero-order valence-electron chi connectivity index (χ0n) is 13.5. The summed E-state index contributed by atoms with van der Waals surface area (Å²) in [5, 5.41) is 19.1. The van der Waals surface area contributed by atoms with E-state index in [9.17, 15) is 19.1 Å². The summed E-state index contributed by atoms with van der Waals surface area (Å²) < 4.78 is 19.7. The van der Waals surface area contributed by atoms with E-state index in [0.717, 1.165) is 0 Å². The van der Waals surface area contributed by atoms with Crippen molar-refractivity contribution in [3.63, 3.8) is 0 Å². The molecule has 0 radical (unpaired) electrons. The van der Waals surface area contributed by atoms with Crippen molar-refractivity contribution < 1.29 is 23.8 Å². The van der Waals surface area contributed by atoms with Crippen LogP contribution in [0.2, 0.25) is 0 Å². The monoisotopic (exact) mass is 343 g/mol. The Hall–Kier alpha value is -3.22. The van der Waals surface area contributed by atoms with Gasteiger partial charge in [-0.3, -0.25) is 0 Å². The van der Waals surface area contributed by atoms with E-state index in [-0.39, 0.29) is 28.9 Å². The number of carbonyl (C=O) groups is 1. The lowest BCUT2D eigenvalue weighted by Gasteiger charge is -2.11. The van der Waals surface area contributed by atoms with Crippen LogP contribution in [0.5, 0.6) is 5.75 Å². The average Bonchev–Trinajstić information content (AvgIpc) is 2.53. The van der Waals surface area contributed by atoms with E-state index in [1.807, 2.05) is 0 Å². The molecular formula is C18H14FNO5. The zero-order chi connectivity index (χ0) is 18.3. The van der Waals surface area contributed by atoms with Gasteiger partial charge in [0.2, 0.25) is 0 Å². The lowest BCUT2D eigenvalue weighted by atomic mass is 9.97. The van der Waals surface area contributed by atoms with Crippen LogP contribution in [-0.4, -0.2) is 21.2 Å². The largest absolute Gasteiger partial charge is 0.508 e. The number of phenolic OH excluding ortho intramolecular Hbond substituents is 1. The molecule has 0 saturated heterocycles. The number of carboxylic acid groups (broad SMARTS) is 1. The van der Waals surface area contributed by atoms with E-state index in [0.29, 0.717) is 16.5 Å². The number of aromatic carboxylic acids is 1. The molecule has 25 heavy (non-hydrogen) atoms. The second-order valence-corrected chi connectivity index (χ2v) is 5.74. The maximum Gasteiger partial charge on any atom is 0.357 e. The van der Waals surface area contributed by atoms with Crippen molar-refractivity contribution in [1.29, 1.82) is 0 Å². The Bertz CT molecular complexity index is 1070. The molecule has 2 aromatic heterocycles. The first-order valence-electron chi connectivity index (χ1n) is 7.42. The molecule has 0 bridgehead atoms. The molecule has 6 nitrogen and oxygen atoms in total. The number of benzene rings is 1. The van der Waals surface area contributed by atoms with Crippen molar-refractivity contribution in [3.8, 4) is 5.75 Å². The molecule has 3 rings (SSSR count). The molecule has 0 atom stereocenters. The Morgan fingerprint density at radius 1 is 1.28 bits per heavy atom. The highest BCUT2D eigenvalue weighted by molar-refractivity contribution is 5.86. The molecule has 2 N–H and O–H groups in total. The van der Waals surface area contributed by atoms with Crippen LogP contribution in [0.1, 0.15) is 32.7 Å². The van der Waals surface area contributed by atoms with Gasteiger partial charge in [0.05, 0.1) is 0 Å². The van der Waals surface area contributed by atoms with Gasteiger partial charge in [-0.25, -0.2) is 19.0 Å². The molecule has 3 aromatic rings. The summed E-state index contributed by atoms with van der Waals surface area (Å²) in [5.74, 6) is -2.47. The molecule has 0 amide bonds. The summed E-state index contributed by atoms with van der Waals surface area (Å²) in [6, 6.07) is 4.39. The Morgan fingerprint density at radius 2 is 2.00 bits per heavy atom. The van der Waals surface area contributed by atoms with Gasteiger partial charge in [-0.2, -0.15) is 0 Å². The number of aryl methyl sites for hydroxylation is 2. The normalized spacial score (nSPS) is 11.0. The second-order valence-electron chi connectivity index (χ2n) is 5.74. The van der Waals surface area contributed by atoms with Crippen molar-refractivity contribution in [2.45, 2.75) is 20.3 Å². The van der Waals surface area contributed by atoms with Crippen LogP contribution in [0.3, 0.4) is 0 Å². The Morgan fingerprint density at radius 3 is 2.68 bits per heavy atom. The molecular weight excluding hydrogens is 329 g/mol. The molecule has 2 heterocycles. The maximum absolute atomic E-state index is 14.5. The van der Waals surface area contributed by atoms with Crippen molar-refractivity contribution in [2.24, 2.45) is 0 Å². The highest BCUT2D eigenvalue weighted by atomic mass is 19.1. The third-order valence-electron chi connectivity index (χ3n) is 4.16. The summed E-state index contributed by atoms with van der Waals surface area (Å²) in [6.45, 7) is 3.28. The predicted octanol–water partition coefficient (Wildman–Crippen LogP) is 2.94. The maximum atomic E-state index is 14.5. The number of halogens is 1. The van der Waals surface area contributed by atoms with E-state index in [4.69, 9.17) is 9.52 Å². The van der Waals surface area contributed by atoms with Crippen LogP contribution < -0.4 is 5.63 Å². The molecule has 0 saturated carbocycles. The van der Waals surface area contributed by atoms with Gasteiger partial charge < -0.3 is 14.6 Å². The summed E-state index contributed by atoms with van der Waals surface area (Å²) in [4.78, 5) is 27.0. The highest BCUT2D eigenvalue weighted by Gasteiger charge is 2.21. The number of pyridine rings is 1. The van der Waals surface area contributed by atoms with E-state index in [2.05, 4.69) is 4.98 Å². The van der Waals surface area contributed by atoms with Gasteiger partial charge in [-0.05, 0) is 42.7 Å². The third-order valence-corrected chi connectivity index (χ3v) is 4.16. The number of phenols is 1. The first-order valence-corrected chi connectivity index (χ1v) is 7.42. The fraction of sp³-hybridized carbons (Fsp3) is 0.167. The van der Waals surface area contributed by atoms with Crippen LogP contribution in [0.25, 0.3) is 11.0 Å². The van der Waals surface area contributed by atoms with Crippen molar-refractivity contribution in [3.05, 3.63) is 68.6 Å². The molecule has 1 aromatic carbocycles. The van der Waals surface area contributed by atoms with Crippen LogP contribution in [-0.2, 0) is 6.42 Å². The first kappa shape index (κ1) is 16.6. The topological polar surface area (TPSA) is 101 Å². The Labute approximate surface area is 141 Å². The van der Waals surface area contributed by atoms with Crippen molar-refractivity contribution >= 4 is 16.9 Å². The van der Waals surface area contributed by atoms with Gasteiger partial charge in [0.25, 0.3) is 0 Å². The second kappa shape index (κ2) is 6.01. The fourth-order valence-electron chi connectivity index (χ4n) is 2.74. The minimum atomic E-state index is -1.48. The number of nitrogens with zero attached hydrogens (tertiary/aromatic N) is 1. The highest BCUT2D eigenvalue weighted by Crippen LogP contribution is 2.26. The van der Waals surface area contributed by atoms with Crippen molar-refractivity contribution in [1.82, 2.24) is 4.98 Å². The number of carboxylic acids is 1. The van der Waals surface area contributed by atoms with E-state index >= 15 is 0 Å². The van der Waals surface area contributed by atoms with E-state index in [1.165, 1.54) is 18.3 Å². The standard InChI is InChI=1S/C18H14FNO5/c1-8-7-20-16(17(22)23)15(19)12(8)6-13-9(2)11-4-3-10(21)5-14(11)25-18(13)24/h3-5,7,21H,6H2,1-2H3,(H,22,23). The first-order chi connectivity index (χ1) is 11.8. The van der Waals surface area contributed by atoms with Crippen LogP contribution in [0, 0.1) is 19.7 Å². The molecule has 0 aliphatic rings. The summed E-state index contributed by atoms with van der Waals surface area (Å²) in [7, 11) is 0. The molecule has 7 heteroatoms.